The van der Waals surface area contributed by atoms with Crippen molar-refractivity contribution in [3.63, 3.8) is 0 Å². The smallest absolute Gasteiger partial charge is 0.335 e. The normalized spacial score (nSPS) is 16.1. The highest BCUT2D eigenvalue weighted by Gasteiger charge is 2.20. The van der Waals surface area contributed by atoms with Crippen LogP contribution in [0.3, 0.4) is 0 Å². The Hall–Kier alpha value is -1.88. The number of benzene rings is 1. The fraction of sp³-hybridized carbons (Fsp3) is 0.467. The van der Waals surface area contributed by atoms with E-state index in [0.717, 1.165) is 31.5 Å². The first-order valence-corrected chi connectivity index (χ1v) is 6.75. The number of aromatic carboxylic acids is 1. The molecule has 5 heteroatoms. The third-order valence-electron chi connectivity index (χ3n) is 3.57. The Labute approximate surface area is 118 Å². The van der Waals surface area contributed by atoms with Gasteiger partial charge >= 0.3 is 5.97 Å². The van der Waals surface area contributed by atoms with Crippen LogP contribution in [0.1, 0.15) is 35.7 Å². The van der Waals surface area contributed by atoms with Crippen LogP contribution in [0.5, 0.6) is 0 Å². The number of carbonyl (C=O) groups is 2. The number of carboxylic acids is 1. The van der Waals surface area contributed by atoms with Crippen molar-refractivity contribution in [2.75, 3.05) is 13.1 Å². The first-order valence-electron chi connectivity index (χ1n) is 6.75. The third kappa shape index (κ3) is 3.81. The van der Waals surface area contributed by atoms with Gasteiger partial charge in [0.05, 0.1) is 18.3 Å². The Kier molecular flexibility index (Phi) is 4.74. The highest BCUT2D eigenvalue weighted by Crippen LogP contribution is 2.16. The summed E-state index contributed by atoms with van der Waals surface area (Å²) in [6.07, 6.45) is 1.88. The number of hydrogen-bond donors (Lipinski definition) is 1. The average molecular weight is 277 g/mol. The van der Waals surface area contributed by atoms with Crippen molar-refractivity contribution in [3.8, 4) is 0 Å². The molecule has 0 aromatic heterocycles. The maximum Gasteiger partial charge on any atom is 0.335 e. The molecule has 1 heterocycles. The molecule has 2 rings (SSSR count). The summed E-state index contributed by atoms with van der Waals surface area (Å²) in [6, 6.07) is 6.71. The van der Waals surface area contributed by atoms with E-state index in [1.807, 2.05) is 4.90 Å². The molecule has 0 radical (unpaired) electrons. The van der Waals surface area contributed by atoms with Crippen LogP contribution in [0.4, 0.5) is 0 Å². The van der Waals surface area contributed by atoms with Gasteiger partial charge in [0.15, 0.2) is 0 Å². The number of carbonyl (C=O) groups excluding carboxylic acids is 1. The van der Waals surface area contributed by atoms with Crippen LogP contribution < -0.4 is 0 Å². The SMILES string of the molecule is CC(=O)N1CCC(OCc2ccc(C(=O)O)cc2)CC1. The van der Waals surface area contributed by atoms with Gasteiger partial charge in [-0.15, -0.1) is 0 Å². The van der Waals surface area contributed by atoms with Gasteiger partial charge in [-0.3, -0.25) is 4.79 Å². The summed E-state index contributed by atoms with van der Waals surface area (Å²) in [5.41, 5.74) is 1.24. The molecule has 1 aliphatic rings. The van der Waals surface area contributed by atoms with E-state index in [0.29, 0.717) is 6.61 Å². The van der Waals surface area contributed by atoms with Crippen molar-refractivity contribution in [2.45, 2.75) is 32.5 Å². The van der Waals surface area contributed by atoms with Gasteiger partial charge in [-0.2, -0.15) is 0 Å². The highest BCUT2D eigenvalue weighted by atomic mass is 16.5. The average Bonchev–Trinajstić information content (AvgIpc) is 2.46. The molecule has 1 aromatic rings. The lowest BCUT2D eigenvalue weighted by molar-refractivity contribution is -0.131. The van der Waals surface area contributed by atoms with Crippen molar-refractivity contribution < 1.29 is 19.4 Å². The molecule has 1 fully saturated rings. The van der Waals surface area contributed by atoms with Gasteiger partial charge in [-0.05, 0) is 30.5 Å². The maximum absolute atomic E-state index is 11.2. The summed E-state index contributed by atoms with van der Waals surface area (Å²) in [6.45, 7) is 3.56. The first kappa shape index (κ1) is 14.5. The Balaban J connectivity index is 1.78. The topological polar surface area (TPSA) is 66.8 Å². The quantitative estimate of drug-likeness (QED) is 0.913. The van der Waals surface area contributed by atoms with Crippen LogP contribution in [0, 0.1) is 0 Å². The molecule has 108 valence electrons. The summed E-state index contributed by atoms with van der Waals surface area (Å²) in [7, 11) is 0. The number of carboxylic acid groups (broad SMARTS) is 1. The van der Waals surface area contributed by atoms with Gasteiger partial charge in [0.2, 0.25) is 5.91 Å². The lowest BCUT2D eigenvalue weighted by Gasteiger charge is -2.31. The minimum absolute atomic E-state index is 0.118. The Morgan fingerprint density at radius 2 is 1.85 bits per heavy atom. The molecule has 1 amide bonds. The molecule has 0 saturated carbocycles. The molecule has 0 atom stereocenters. The molecule has 0 spiro atoms. The number of likely N-dealkylation sites (tertiary alicyclic amines) is 1. The first-order chi connectivity index (χ1) is 9.56. The van der Waals surface area contributed by atoms with Crippen LogP contribution in [-0.2, 0) is 16.1 Å². The second-order valence-corrected chi connectivity index (χ2v) is 5.02. The van der Waals surface area contributed by atoms with E-state index < -0.39 is 5.97 Å². The van der Waals surface area contributed by atoms with Gasteiger partial charge in [-0.25, -0.2) is 4.79 Å². The molecule has 1 aromatic carbocycles. The van der Waals surface area contributed by atoms with E-state index in [1.165, 1.54) is 0 Å². The zero-order valence-corrected chi connectivity index (χ0v) is 11.5. The van der Waals surface area contributed by atoms with Gasteiger partial charge in [0.1, 0.15) is 0 Å². The van der Waals surface area contributed by atoms with Gasteiger partial charge in [0, 0.05) is 20.0 Å². The molecular formula is C15H19NO4. The summed E-state index contributed by atoms with van der Waals surface area (Å²) < 4.78 is 5.81. The number of hydrogen-bond acceptors (Lipinski definition) is 3. The lowest BCUT2D eigenvalue weighted by atomic mass is 10.1. The van der Waals surface area contributed by atoms with E-state index in [2.05, 4.69) is 0 Å². The summed E-state index contributed by atoms with van der Waals surface area (Å²) >= 11 is 0. The van der Waals surface area contributed by atoms with Crippen molar-refractivity contribution in [2.24, 2.45) is 0 Å². The Morgan fingerprint density at radius 1 is 1.25 bits per heavy atom. The fourth-order valence-electron chi connectivity index (χ4n) is 2.29. The minimum atomic E-state index is -0.922. The lowest BCUT2D eigenvalue weighted by Crippen LogP contribution is -2.39. The van der Waals surface area contributed by atoms with Crippen molar-refractivity contribution in [1.29, 1.82) is 0 Å². The summed E-state index contributed by atoms with van der Waals surface area (Å²) in [5.74, 6) is -0.804. The number of rotatable bonds is 4. The second kappa shape index (κ2) is 6.52. The van der Waals surface area contributed by atoms with E-state index in [-0.39, 0.29) is 17.6 Å². The van der Waals surface area contributed by atoms with Crippen LogP contribution in [0.15, 0.2) is 24.3 Å². The minimum Gasteiger partial charge on any atom is -0.478 e. The molecule has 0 bridgehead atoms. The van der Waals surface area contributed by atoms with Crippen molar-refractivity contribution in [1.82, 2.24) is 4.90 Å². The predicted molar refractivity (Wildman–Crippen MR) is 73.5 cm³/mol. The Morgan fingerprint density at radius 3 is 2.35 bits per heavy atom. The van der Waals surface area contributed by atoms with E-state index in [1.54, 1.807) is 31.2 Å². The molecule has 1 N–H and O–H groups in total. The number of amides is 1. The maximum atomic E-state index is 11.2. The molecular weight excluding hydrogens is 258 g/mol. The van der Waals surface area contributed by atoms with E-state index in [4.69, 9.17) is 9.84 Å². The number of piperidine rings is 1. The zero-order chi connectivity index (χ0) is 14.5. The zero-order valence-electron chi connectivity index (χ0n) is 11.5. The van der Waals surface area contributed by atoms with Crippen molar-refractivity contribution >= 4 is 11.9 Å². The number of ether oxygens (including phenoxy) is 1. The highest BCUT2D eigenvalue weighted by molar-refractivity contribution is 5.87. The summed E-state index contributed by atoms with van der Waals surface area (Å²) in [5, 5.41) is 8.82. The predicted octanol–water partition coefficient (Wildman–Crippen LogP) is 1.91. The molecule has 1 aliphatic heterocycles. The number of nitrogens with zero attached hydrogens (tertiary/aromatic N) is 1. The van der Waals surface area contributed by atoms with Crippen molar-refractivity contribution in [3.05, 3.63) is 35.4 Å². The summed E-state index contributed by atoms with van der Waals surface area (Å²) in [4.78, 5) is 23.8. The molecule has 1 saturated heterocycles. The molecule has 5 nitrogen and oxygen atoms in total. The Bertz CT molecular complexity index is 475. The van der Waals surface area contributed by atoms with Gasteiger partial charge < -0.3 is 14.7 Å². The third-order valence-corrected chi connectivity index (χ3v) is 3.57. The van der Waals surface area contributed by atoms with Gasteiger partial charge in [0.25, 0.3) is 0 Å². The fourth-order valence-corrected chi connectivity index (χ4v) is 2.29. The molecule has 20 heavy (non-hydrogen) atoms. The van der Waals surface area contributed by atoms with E-state index in [9.17, 15) is 9.59 Å². The van der Waals surface area contributed by atoms with Gasteiger partial charge in [-0.1, -0.05) is 12.1 Å². The monoisotopic (exact) mass is 277 g/mol. The second-order valence-electron chi connectivity index (χ2n) is 5.02. The van der Waals surface area contributed by atoms with Crippen LogP contribution >= 0.6 is 0 Å². The standard InChI is InChI=1S/C15H19NO4/c1-11(17)16-8-6-14(7-9-16)20-10-12-2-4-13(5-3-12)15(18)19/h2-5,14H,6-10H2,1H3,(H,18,19). The van der Waals surface area contributed by atoms with E-state index >= 15 is 0 Å². The van der Waals surface area contributed by atoms with Crippen LogP contribution in [-0.4, -0.2) is 41.1 Å². The molecule has 0 unspecified atom stereocenters. The van der Waals surface area contributed by atoms with Crippen LogP contribution in [0.2, 0.25) is 0 Å². The van der Waals surface area contributed by atoms with Crippen LogP contribution in [0.25, 0.3) is 0 Å². The largest absolute Gasteiger partial charge is 0.478 e. The molecule has 0 aliphatic carbocycles.